The van der Waals surface area contributed by atoms with E-state index in [1.165, 1.54) is 0 Å². The summed E-state index contributed by atoms with van der Waals surface area (Å²) in [6.45, 7) is 2.56. The molecule has 0 bridgehead atoms. The Balaban J connectivity index is 2.73. The average Bonchev–Trinajstić information content (AvgIpc) is 2.21. The highest BCUT2D eigenvalue weighted by Gasteiger charge is 2.05. The van der Waals surface area contributed by atoms with Gasteiger partial charge in [-0.1, -0.05) is 18.2 Å². The molecule has 0 spiro atoms. The molecule has 1 atom stereocenters. The van der Waals surface area contributed by atoms with Gasteiger partial charge in [0, 0.05) is 13.2 Å². The van der Waals surface area contributed by atoms with E-state index in [9.17, 15) is 0 Å². The van der Waals surface area contributed by atoms with Gasteiger partial charge in [-0.15, -0.1) is 0 Å². The van der Waals surface area contributed by atoms with Crippen LogP contribution in [0.4, 0.5) is 0 Å². The van der Waals surface area contributed by atoms with E-state index in [0.29, 0.717) is 13.0 Å². The summed E-state index contributed by atoms with van der Waals surface area (Å²) in [6, 6.07) is 7.70. The fourth-order valence-corrected chi connectivity index (χ4v) is 1.21. The van der Waals surface area contributed by atoms with Crippen LogP contribution in [-0.4, -0.2) is 24.4 Å². The molecular formula is C11H17NO2. The first-order valence-corrected chi connectivity index (χ1v) is 4.83. The lowest BCUT2D eigenvalue weighted by atomic mass is 10.1. The SMILES string of the molecule is CC(CN)Oc1ccccc1CCO. The van der Waals surface area contributed by atoms with Crippen LogP contribution < -0.4 is 10.5 Å². The van der Waals surface area contributed by atoms with Gasteiger partial charge in [-0.05, 0) is 25.0 Å². The van der Waals surface area contributed by atoms with Crippen molar-refractivity contribution in [2.45, 2.75) is 19.4 Å². The zero-order chi connectivity index (χ0) is 10.4. The Labute approximate surface area is 84.5 Å². The van der Waals surface area contributed by atoms with E-state index in [2.05, 4.69) is 0 Å². The second-order valence-electron chi connectivity index (χ2n) is 3.25. The van der Waals surface area contributed by atoms with Crippen molar-refractivity contribution in [2.75, 3.05) is 13.2 Å². The number of benzene rings is 1. The van der Waals surface area contributed by atoms with Gasteiger partial charge in [0.05, 0.1) is 0 Å². The molecule has 0 saturated carbocycles. The summed E-state index contributed by atoms with van der Waals surface area (Å²) in [6.07, 6.45) is 0.628. The number of aliphatic hydroxyl groups is 1. The Hall–Kier alpha value is -1.06. The Kier molecular flexibility index (Phi) is 4.43. The first kappa shape index (κ1) is 11.0. The highest BCUT2D eigenvalue weighted by molar-refractivity contribution is 5.33. The molecule has 3 nitrogen and oxygen atoms in total. The van der Waals surface area contributed by atoms with Crippen molar-refractivity contribution < 1.29 is 9.84 Å². The quantitative estimate of drug-likeness (QED) is 0.735. The number of ether oxygens (including phenoxy) is 1. The minimum atomic E-state index is 0.00911. The van der Waals surface area contributed by atoms with Gasteiger partial charge in [-0.3, -0.25) is 0 Å². The van der Waals surface area contributed by atoms with Gasteiger partial charge >= 0.3 is 0 Å². The summed E-state index contributed by atoms with van der Waals surface area (Å²) >= 11 is 0. The average molecular weight is 195 g/mol. The smallest absolute Gasteiger partial charge is 0.123 e. The van der Waals surface area contributed by atoms with Crippen molar-refractivity contribution in [3.63, 3.8) is 0 Å². The Bertz CT molecular complexity index is 276. The summed E-state index contributed by atoms with van der Waals surface area (Å²) in [5.74, 6) is 0.819. The van der Waals surface area contributed by atoms with Gasteiger partial charge < -0.3 is 15.6 Å². The second kappa shape index (κ2) is 5.62. The van der Waals surface area contributed by atoms with Crippen molar-refractivity contribution in [3.05, 3.63) is 29.8 Å². The normalized spacial score (nSPS) is 12.5. The van der Waals surface area contributed by atoms with E-state index < -0.39 is 0 Å². The van der Waals surface area contributed by atoms with E-state index >= 15 is 0 Å². The molecule has 1 aromatic carbocycles. The van der Waals surface area contributed by atoms with Gasteiger partial charge in [-0.2, -0.15) is 0 Å². The third-order valence-corrected chi connectivity index (χ3v) is 2.01. The summed E-state index contributed by atoms with van der Waals surface area (Å²) < 4.78 is 5.61. The zero-order valence-corrected chi connectivity index (χ0v) is 8.44. The number of hydrogen-bond acceptors (Lipinski definition) is 3. The molecule has 0 fully saturated rings. The van der Waals surface area contributed by atoms with Crippen LogP contribution in [0.3, 0.4) is 0 Å². The van der Waals surface area contributed by atoms with Gasteiger partial charge in [0.2, 0.25) is 0 Å². The highest BCUT2D eigenvalue weighted by Crippen LogP contribution is 2.19. The van der Waals surface area contributed by atoms with Crippen LogP contribution >= 0.6 is 0 Å². The molecule has 0 heterocycles. The van der Waals surface area contributed by atoms with E-state index in [4.69, 9.17) is 15.6 Å². The molecule has 78 valence electrons. The van der Waals surface area contributed by atoms with Gasteiger partial charge in [0.15, 0.2) is 0 Å². The molecule has 0 aliphatic carbocycles. The first-order valence-electron chi connectivity index (χ1n) is 4.83. The van der Waals surface area contributed by atoms with Gasteiger partial charge in [-0.25, -0.2) is 0 Å². The lowest BCUT2D eigenvalue weighted by Gasteiger charge is -2.15. The molecule has 3 N–H and O–H groups in total. The lowest BCUT2D eigenvalue weighted by molar-refractivity contribution is 0.225. The number of rotatable bonds is 5. The molecule has 1 aromatic rings. The molecule has 1 unspecified atom stereocenters. The fraction of sp³-hybridized carbons (Fsp3) is 0.455. The predicted molar refractivity (Wildman–Crippen MR) is 56.4 cm³/mol. The fourth-order valence-electron chi connectivity index (χ4n) is 1.21. The third-order valence-electron chi connectivity index (χ3n) is 2.01. The molecule has 14 heavy (non-hydrogen) atoms. The molecule has 1 rings (SSSR count). The van der Waals surface area contributed by atoms with Crippen LogP contribution in [0.15, 0.2) is 24.3 Å². The predicted octanol–water partition coefficient (Wildman–Crippen LogP) is 0.947. The van der Waals surface area contributed by atoms with Crippen molar-refractivity contribution >= 4 is 0 Å². The number of aliphatic hydroxyl groups excluding tert-OH is 1. The maximum Gasteiger partial charge on any atom is 0.123 e. The summed E-state index contributed by atoms with van der Waals surface area (Å²) in [4.78, 5) is 0. The molecule has 0 aliphatic heterocycles. The van der Waals surface area contributed by atoms with Crippen LogP contribution in [0, 0.1) is 0 Å². The third kappa shape index (κ3) is 3.01. The van der Waals surface area contributed by atoms with Crippen LogP contribution in [0.25, 0.3) is 0 Å². The van der Waals surface area contributed by atoms with Crippen LogP contribution in [0.1, 0.15) is 12.5 Å². The summed E-state index contributed by atoms with van der Waals surface area (Å²) in [7, 11) is 0. The maximum absolute atomic E-state index is 8.86. The minimum Gasteiger partial charge on any atom is -0.489 e. The molecule has 0 saturated heterocycles. The molecule has 0 aliphatic rings. The van der Waals surface area contributed by atoms with Crippen molar-refractivity contribution in [1.29, 1.82) is 0 Å². The molecule has 0 amide bonds. The topological polar surface area (TPSA) is 55.5 Å². The number of para-hydroxylation sites is 1. The van der Waals surface area contributed by atoms with E-state index in [-0.39, 0.29) is 12.7 Å². The summed E-state index contributed by atoms with van der Waals surface area (Å²) in [5.41, 5.74) is 6.49. The van der Waals surface area contributed by atoms with Crippen molar-refractivity contribution in [2.24, 2.45) is 5.73 Å². The minimum absolute atomic E-state index is 0.00911. The van der Waals surface area contributed by atoms with Crippen LogP contribution in [0.2, 0.25) is 0 Å². The highest BCUT2D eigenvalue weighted by atomic mass is 16.5. The van der Waals surface area contributed by atoms with E-state index in [1.54, 1.807) is 0 Å². The molecule has 0 aromatic heterocycles. The molecular weight excluding hydrogens is 178 g/mol. The standard InChI is InChI=1S/C11H17NO2/c1-9(8-12)14-11-5-3-2-4-10(11)6-7-13/h2-5,9,13H,6-8,12H2,1H3. The van der Waals surface area contributed by atoms with E-state index in [1.807, 2.05) is 31.2 Å². The number of nitrogens with two attached hydrogens (primary N) is 1. The monoisotopic (exact) mass is 195 g/mol. The Morgan fingerprint density at radius 3 is 2.79 bits per heavy atom. The second-order valence-corrected chi connectivity index (χ2v) is 3.25. The Morgan fingerprint density at radius 2 is 2.14 bits per heavy atom. The zero-order valence-electron chi connectivity index (χ0n) is 8.44. The lowest BCUT2D eigenvalue weighted by Crippen LogP contribution is -2.23. The van der Waals surface area contributed by atoms with Crippen molar-refractivity contribution in [1.82, 2.24) is 0 Å². The first-order chi connectivity index (χ1) is 6.77. The molecule has 0 radical (unpaired) electrons. The summed E-state index contributed by atoms with van der Waals surface area (Å²) in [5, 5.41) is 8.86. The molecule has 3 heteroatoms. The Morgan fingerprint density at radius 1 is 1.43 bits per heavy atom. The maximum atomic E-state index is 8.86. The van der Waals surface area contributed by atoms with Crippen LogP contribution in [0.5, 0.6) is 5.75 Å². The van der Waals surface area contributed by atoms with Crippen LogP contribution in [-0.2, 0) is 6.42 Å². The largest absolute Gasteiger partial charge is 0.489 e. The van der Waals surface area contributed by atoms with Crippen molar-refractivity contribution in [3.8, 4) is 5.75 Å². The van der Waals surface area contributed by atoms with E-state index in [0.717, 1.165) is 11.3 Å². The number of hydrogen-bond donors (Lipinski definition) is 2. The van der Waals surface area contributed by atoms with Gasteiger partial charge in [0.25, 0.3) is 0 Å². The van der Waals surface area contributed by atoms with Gasteiger partial charge in [0.1, 0.15) is 11.9 Å².